The normalized spacial score (nSPS) is 14.9. The van der Waals surface area contributed by atoms with Crippen molar-refractivity contribution in [2.24, 2.45) is 7.05 Å². The van der Waals surface area contributed by atoms with Gasteiger partial charge >= 0.3 is 0 Å². The second kappa shape index (κ2) is 7.16. The van der Waals surface area contributed by atoms with E-state index in [1.165, 1.54) is 12.8 Å². The highest BCUT2D eigenvalue weighted by molar-refractivity contribution is 5.84. The van der Waals surface area contributed by atoms with E-state index in [1.54, 1.807) is 0 Å². The predicted octanol–water partition coefficient (Wildman–Crippen LogP) is 3.89. The molecule has 1 fully saturated rings. The fourth-order valence-electron chi connectivity index (χ4n) is 4.00. The quantitative estimate of drug-likeness (QED) is 0.511. The summed E-state index contributed by atoms with van der Waals surface area (Å²) in [6, 6.07) is 9.92. The first-order valence-electron chi connectivity index (χ1n) is 10.3. The SMILES string of the molecule is Cc1cc(OCC(=O)NC(C)c2ccc3[nH]ccc3c2)nc2c1c(C1CC1)nn2C. The van der Waals surface area contributed by atoms with Crippen molar-refractivity contribution in [3.63, 3.8) is 0 Å². The number of pyridine rings is 1. The number of nitrogens with one attached hydrogen (secondary N) is 2. The highest BCUT2D eigenvalue weighted by atomic mass is 16.5. The summed E-state index contributed by atoms with van der Waals surface area (Å²) >= 11 is 0. The lowest BCUT2D eigenvalue weighted by Gasteiger charge is -2.15. The number of hydrogen-bond donors (Lipinski definition) is 2. The minimum absolute atomic E-state index is 0.0813. The number of rotatable bonds is 6. The summed E-state index contributed by atoms with van der Waals surface area (Å²) in [5, 5.41) is 9.89. The van der Waals surface area contributed by atoms with E-state index in [2.05, 4.69) is 26.4 Å². The number of nitrogens with zero attached hydrogens (tertiary/aromatic N) is 3. The number of ether oxygens (including phenoxy) is 1. The monoisotopic (exact) mass is 403 g/mol. The molecule has 7 nitrogen and oxygen atoms in total. The van der Waals surface area contributed by atoms with Crippen LogP contribution in [0.1, 0.15) is 48.5 Å². The zero-order valence-electron chi connectivity index (χ0n) is 17.4. The number of carbonyl (C=O) groups excluding carboxylic acids is 1. The van der Waals surface area contributed by atoms with E-state index in [0.717, 1.165) is 38.8 Å². The topological polar surface area (TPSA) is 84.8 Å². The minimum Gasteiger partial charge on any atom is -0.468 e. The van der Waals surface area contributed by atoms with Crippen molar-refractivity contribution in [3.8, 4) is 5.88 Å². The Labute approximate surface area is 174 Å². The molecule has 1 unspecified atom stereocenters. The van der Waals surface area contributed by atoms with Crippen molar-refractivity contribution < 1.29 is 9.53 Å². The van der Waals surface area contributed by atoms with E-state index in [-0.39, 0.29) is 18.6 Å². The smallest absolute Gasteiger partial charge is 0.258 e. The average Bonchev–Trinajstić information content (AvgIpc) is 3.36. The maximum absolute atomic E-state index is 12.4. The number of amides is 1. The van der Waals surface area contributed by atoms with Gasteiger partial charge in [-0.1, -0.05) is 6.07 Å². The first-order valence-corrected chi connectivity index (χ1v) is 10.3. The summed E-state index contributed by atoms with van der Waals surface area (Å²) in [5.41, 5.74) is 5.15. The maximum Gasteiger partial charge on any atom is 0.258 e. The van der Waals surface area contributed by atoms with Gasteiger partial charge in [0.15, 0.2) is 12.3 Å². The molecule has 0 aliphatic heterocycles. The molecule has 1 aromatic carbocycles. The van der Waals surface area contributed by atoms with Crippen molar-refractivity contribution >= 4 is 27.8 Å². The summed E-state index contributed by atoms with van der Waals surface area (Å²) < 4.78 is 7.53. The van der Waals surface area contributed by atoms with Gasteiger partial charge in [0, 0.05) is 36.1 Å². The summed E-state index contributed by atoms with van der Waals surface area (Å²) in [6.07, 6.45) is 4.30. The molecule has 4 aromatic rings. The first-order chi connectivity index (χ1) is 14.5. The van der Waals surface area contributed by atoms with E-state index < -0.39 is 0 Å². The third-order valence-electron chi connectivity index (χ3n) is 5.76. The molecule has 1 aliphatic rings. The number of fused-ring (bicyclic) bond motifs is 2. The Kier molecular flexibility index (Phi) is 4.46. The Bertz CT molecular complexity index is 1250. The maximum atomic E-state index is 12.4. The number of benzene rings is 1. The van der Waals surface area contributed by atoms with Gasteiger partial charge in [-0.3, -0.25) is 9.48 Å². The van der Waals surface area contributed by atoms with Gasteiger partial charge in [-0.05, 0) is 61.4 Å². The number of aromatic nitrogens is 4. The lowest BCUT2D eigenvalue weighted by Crippen LogP contribution is -2.31. The number of H-pyrrole nitrogens is 1. The third kappa shape index (κ3) is 3.40. The van der Waals surface area contributed by atoms with Crippen LogP contribution in [0.4, 0.5) is 0 Å². The highest BCUT2D eigenvalue weighted by Crippen LogP contribution is 2.43. The molecule has 0 saturated heterocycles. The fourth-order valence-corrected chi connectivity index (χ4v) is 4.00. The van der Waals surface area contributed by atoms with Gasteiger partial charge in [-0.25, -0.2) is 0 Å². The molecule has 0 spiro atoms. The molecule has 0 bridgehead atoms. The Morgan fingerprint density at radius 2 is 2.17 bits per heavy atom. The van der Waals surface area contributed by atoms with Crippen molar-refractivity contribution in [1.82, 2.24) is 25.1 Å². The molecule has 30 heavy (non-hydrogen) atoms. The molecule has 7 heteroatoms. The van der Waals surface area contributed by atoms with E-state index in [0.29, 0.717) is 11.8 Å². The van der Waals surface area contributed by atoms with Crippen LogP contribution < -0.4 is 10.1 Å². The fraction of sp³-hybridized carbons (Fsp3) is 0.348. The van der Waals surface area contributed by atoms with Crippen LogP contribution in [0.15, 0.2) is 36.5 Å². The van der Waals surface area contributed by atoms with Crippen LogP contribution in [0.3, 0.4) is 0 Å². The van der Waals surface area contributed by atoms with Crippen molar-refractivity contribution in [2.45, 2.75) is 38.6 Å². The predicted molar refractivity (Wildman–Crippen MR) is 116 cm³/mol. The lowest BCUT2D eigenvalue weighted by molar-refractivity contribution is -0.123. The molecule has 1 saturated carbocycles. The standard InChI is InChI=1S/C23H25N5O2/c1-13-10-20(26-23-21(13)22(15-4-5-15)27-28(23)3)30-12-19(29)25-14(2)16-6-7-18-17(11-16)8-9-24-18/h6-11,14-15,24H,4-5,12H2,1-3H3,(H,25,29). The minimum atomic E-state index is -0.181. The molecule has 154 valence electrons. The molecule has 1 aliphatic carbocycles. The van der Waals surface area contributed by atoms with Gasteiger partial charge in [0.2, 0.25) is 5.88 Å². The van der Waals surface area contributed by atoms with E-state index in [9.17, 15) is 4.79 Å². The number of carbonyl (C=O) groups is 1. The average molecular weight is 403 g/mol. The summed E-state index contributed by atoms with van der Waals surface area (Å²) in [4.78, 5) is 20.2. The number of aryl methyl sites for hydroxylation is 2. The summed E-state index contributed by atoms with van der Waals surface area (Å²) in [7, 11) is 1.90. The summed E-state index contributed by atoms with van der Waals surface area (Å²) in [5.74, 6) is 0.820. The van der Waals surface area contributed by atoms with Crippen LogP contribution in [-0.2, 0) is 11.8 Å². The van der Waals surface area contributed by atoms with Crippen molar-refractivity contribution in [3.05, 3.63) is 53.3 Å². The first kappa shape index (κ1) is 18.7. The molecule has 1 amide bonds. The molecule has 0 radical (unpaired) electrons. The van der Waals surface area contributed by atoms with Crippen LogP contribution in [0, 0.1) is 6.92 Å². The molecule has 1 atom stereocenters. The number of aromatic amines is 1. The van der Waals surface area contributed by atoms with Gasteiger partial charge in [-0.2, -0.15) is 10.1 Å². The Balaban J connectivity index is 1.26. The van der Waals surface area contributed by atoms with Crippen LogP contribution >= 0.6 is 0 Å². The lowest BCUT2D eigenvalue weighted by atomic mass is 10.1. The van der Waals surface area contributed by atoms with E-state index in [1.807, 2.05) is 56.0 Å². The summed E-state index contributed by atoms with van der Waals surface area (Å²) in [6.45, 7) is 3.93. The van der Waals surface area contributed by atoms with Gasteiger partial charge in [0.25, 0.3) is 5.91 Å². The van der Waals surface area contributed by atoms with Crippen molar-refractivity contribution in [1.29, 1.82) is 0 Å². The van der Waals surface area contributed by atoms with Gasteiger partial charge in [0.1, 0.15) is 0 Å². The second-order valence-corrected chi connectivity index (χ2v) is 8.16. The van der Waals surface area contributed by atoms with Crippen LogP contribution in [0.2, 0.25) is 0 Å². The van der Waals surface area contributed by atoms with Crippen molar-refractivity contribution in [2.75, 3.05) is 6.61 Å². The third-order valence-corrected chi connectivity index (χ3v) is 5.76. The second-order valence-electron chi connectivity index (χ2n) is 8.16. The largest absolute Gasteiger partial charge is 0.468 e. The highest BCUT2D eigenvalue weighted by Gasteiger charge is 2.30. The van der Waals surface area contributed by atoms with Gasteiger partial charge in [0.05, 0.1) is 11.7 Å². The Morgan fingerprint density at radius 1 is 1.33 bits per heavy atom. The van der Waals surface area contributed by atoms with Crippen LogP contribution in [0.5, 0.6) is 5.88 Å². The van der Waals surface area contributed by atoms with Gasteiger partial charge in [-0.15, -0.1) is 0 Å². The van der Waals surface area contributed by atoms with Gasteiger partial charge < -0.3 is 15.0 Å². The molecule has 3 aromatic heterocycles. The van der Waals surface area contributed by atoms with Crippen LogP contribution in [0.25, 0.3) is 21.9 Å². The molecular weight excluding hydrogens is 378 g/mol. The van der Waals surface area contributed by atoms with E-state index in [4.69, 9.17) is 4.74 Å². The Morgan fingerprint density at radius 3 is 2.97 bits per heavy atom. The Hall–Kier alpha value is -3.35. The molecule has 3 heterocycles. The zero-order chi connectivity index (χ0) is 20.8. The van der Waals surface area contributed by atoms with E-state index >= 15 is 0 Å². The van der Waals surface area contributed by atoms with Crippen LogP contribution in [-0.4, -0.2) is 32.3 Å². The molecular formula is C23H25N5O2. The molecule has 2 N–H and O–H groups in total. The zero-order valence-corrected chi connectivity index (χ0v) is 17.4. The molecule has 5 rings (SSSR count). The number of hydrogen-bond acceptors (Lipinski definition) is 4.